The highest BCUT2D eigenvalue weighted by Gasteiger charge is 2.15. The van der Waals surface area contributed by atoms with Gasteiger partial charge in [-0.2, -0.15) is 0 Å². The monoisotopic (exact) mass is 290 g/mol. The van der Waals surface area contributed by atoms with Crippen LogP contribution < -0.4 is 5.32 Å². The first kappa shape index (κ1) is 14.6. The van der Waals surface area contributed by atoms with Crippen molar-refractivity contribution in [2.24, 2.45) is 0 Å². The number of rotatable bonds is 5. The molecule has 0 saturated heterocycles. The van der Waals surface area contributed by atoms with Gasteiger partial charge in [0.2, 0.25) is 5.91 Å². The van der Waals surface area contributed by atoms with Crippen LogP contribution in [0.2, 0.25) is 0 Å². The van der Waals surface area contributed by atoms with Crippen LogP contribution in [0.4, 0.5) is 0 Å². The number of thioether (sulfide) groups is 1. The number of nitrogens with zero attached hydrogens (tertiary/aromatic N) is 3. The molecule has 0 aliphatic heterocycles. The van der Waals surface area contributed by atoms with E-state index in [9.17, 15) is 4.79 Å². The lowest BCUT2D eigenvalue weighted by atomic mass is 10.1. The lowest BCUT2D eigenvalue weighted by molar-refractivity contribution is -0.118. The van der Waals surface area contributed by atoms with E-state index >= 15 is 0 Å². The molecule has 1 aromatic carbocycles. The van der Waals surface area contributed by atoms with E-state index in [2.05, 4.69) is 35.4 Å². The topological polar surface area (TPSA) is 59.8 Å². The molecule has 0 aliphatic rings. The van der Waals surface area contributed by atoms with Crippen molar-refractivity contribution in [3.8, 4) is 11.4 Å². The average molecular weight is 290 g/mol. The molecule has 0 bridgehead atoms. The Balaban J connectivity index is 2.30. The number of aryl methyl sites for hydroxylation is 1. The Labute approximate surface area is 122 Å². The zero-order valence-corrected chi connectivity index (χ0v) is 12.7. The number of nitrogens with one attached hydrogen (secondary N) is 1. The summed E-state index contributed by atoms with van der Waals surface area (Å²) >= 11 is 1.40. The van der Waals surface area contributed by atoms with Crippen LogP contribution in [0.1, 0.15) is 12.5 Å². The maximum absolute atomic E-state index is 11.3. The van der Waals surface area contributed by atoms with Crippen LogP contribution in [-0.2, 0) is 11.3 Å². The van der Waals surface area contributed by atoms with Gasteiger partial charge < -0.3 is 9.88 Å². The van der Waals surface area contributed by atoms with Gasteiger partial charge in [-0.1, -0.05) is 36.0 Å². The Hall–Kier alpha value is -1.82. The van der Waals surface area contributed by atoms with Crippen molar-refractivity contribution in [3.63, 3.8) is 0 Å². The summed E-state index contributed by atoms with van der Waals surface area (Å²) in [5, 5.41) is 11.9. The number of benzene rings is 1. The highest BCUT2D eigenvalue weighted by Crippen LogP contribution is 2.25. The average Bonchev–Trinajstić information content (AvgIpc) is 2.87. The van der Waals surface area contributed by atoms with Crippen molar-refractivity contribution in [1.29, 1.82) is 0 Å². The second kappa shape index (κ2) is 6.56. The van der Waals surface area contributed by atoms with Crippen LogP contribution in [-0.4, -0.2) is 33.5 Å². The Morgan fingerprint density at radius 1 is 1.35 bits per heavy atom. The van der Waals surface area contributed by atoms with E-state index in [-0.39, 0.29) is 5.91 Å². The molecule has 1 N–H and O–H groups in total. The molecule has 0 spiro atoms. The standard InChI is InChI=1S/C14H18N4OS/c1-4-18-13(11-8-6-5-7-10(11)2)16-17-14(18)20-9-12(19)15-3/h5-8H,4,9H2,1-3H3,(H,15,19). The molecule has 2 aromatic rings. The number of carbonyl (C=O) groups excluding carboxylic acids is 1. The highest BCUT2D eigenvalue weighted by molar-refractivity contribution is 7.99. The minimum atomic E-state index is -0.0157. The Bertz CT molecular complexity index is 609. The molecule has 0 unspecified atom stereocenters. The molecule has 1 amide bonds. The van der Waals surface area contributed by atoms with E-state index in [1.54, 1.807) is 7.05 Å². The summed E-state index contributed by atoms with van der Waals surface area (Å²) in [5.74, 6) is 1.19. The number of hydrogen-bond donors (Lipinski definition) is 1. The van der Waals surface area contributed by atoms with Crippen molar-refractivity contribution in [1.82, 2.24) is 20.1 Å². The smallest absolute Gasteiger partial charge is 0.230 e. The maximum atomic E-state index is 11.3. The molecular formula is C14H18N4OS. The minimum absolute atomic E-state index is 0.0157. The summed E-state index contributed by atoms with van der Waals surface area (Å²) < 4.78 is 2.04. The third-order valence-corrected chi connectivity index (χ3v) is 4.00. The predicted molar refractivity (Wildman–Crippen MR) is 80.7 cm³/mol. The summed E-state index contributed by atoms with van der Waals surface area (Å²) in [6.45, 7) is 4.88. The second-order valence-corrected chi connectivity index (χ2v) is 5.27. The molecule has 2 rings (SSSR count). The first-order valence-corrected chi connectivity index (χ1v) is 7.48. The fourth-order valence-electron chi connectivity index (χ4n) is 1.91. The van der Waals surface area contributed by atoms with Crippen molar-refractivity contribution in [2.75, 3.05) is 12.8 Å². The van der Waals surface area contributed by atoms with E-state index in [0.717, 1.165) is 28.7 Å². The lowest BCUT2D eigenvalue weighted by Gasteiger charge is -2.08. The van der Waals surface area contributed by atoms with Crippen molar-refractivity contribution < 1.29 is 4.79 Å². The van der Waals surface area contributed by atoms with Gasteiger partial charge in [0, 0.05) is 19.2 Å². The normalized spacial score (nSPS) is 10.6. The zero-order valence-electron chi connectivity index (χ0n) is 11.9. The molecule has 1 heterocycles. The van der Waals surface area contributed by atoms with Crippen LogP contribution in [0.15, 0.2) is 29.4 Å². The molecule has 6 heteroatoms. The van der Waals surface area contributed by atoms with E-state index in [1.165, 1.54) is 11.8 Å². The number of hydrogen-bond acceptors (Lipinski definition) is 4. The molecular weight excluding hydrogens is 272 g/mol. The molecule has 0 saturated carbocycles. The number of carbonyl (C=O) groups is 1. The summed E-state index contributed by atoms with van der Waals surface area (Å²) in [4.78, 5) is 11.3. The van der Waals surface area contributed by atoms with Gasteiger partial charge in [0.25, 0.3) is 0 Å². The zero-order chi connectivity index (χ0) is 14.5. The maximum Gasteiger partial charge on any atom is 0.230 e. The highest BCUT2D eigenvalue weighted by atomic mass is 32.2. The van der Waals surface area contributed by atoms with Crippen LogP contribution in [0.25, 0.3) is 11.4 Å². The predicted octanol–water partition coefficient (Wildman–Crippen LogP) is 2.11. The van der Waals surface area contributed by atoms with Crippen molar-refractivity contribution in [2.45, 2.75) is 25.5 Å². The quantitative estimate of drug-likeness (QED) is 0.857. The third-order valence-electron chi connectivity index (χ3n) is 3.03. The van der Waals surface area contributed by atoms with Crippen LogP contribution in [0, 0.1) is 6.92 Å². The van der Waals surface area contributed by atoms with Gasteiger partial charge in [-0.25, -0.2) is 0 Å². The number of aromatic nitrogens is 3. The first-order chi connectivity index (χ1) is 9.67. The minimum Gasteiger partial charge on any atom is -0.358 e. The van der Waals surface area contributed by atoms with Crippen LogP contribution in [0.3, 0.4) is 0 Å². The summed E-state index contributed by atoms with van der Waals surface area (Å²) in [6, 6.07) is 8.10. The van der Waals surface area contributed by atoms with E-state index in [1.807, 2.05) is 22.8 Å². The molecule has 0 aliphatic carbocycles. The molecule has 0 radical (unpaired) electrons. The van der Waals surface area contributed by atoms with Crippen molar-refractivity contribution >= 4 is 17.7 Å². The van der Waals surface area contributed by atoms with Gasteiger partial charge in [-0.05, 0) is 19.4 Å². The Kier molecular flexibility index (Phi) is 4.79. The van der Waals surface area contributed by atoms with E-state index in [4.69, 9.17) is 0 Å². The first-order valence-electron chi connectivity index (χ1n) is 6.50. The van der Waals surface area contributed by atoms with Gasteiger partial charge in [0.1, 0.15) is 0 Å². The second-order valence-electron chi connectivity index (χ2n) is 4.33. The summed E-state index contributed by atoms with van der Waals surface area (Å²) in [7, 11) is 1.63. The SMILES string of the molecule is CCn1c(SCC(=O)NC)nnc1-c1ccccc1C. The number of amides is 1. The molecule has 0 fully saturated rings. The summed E-state index contributed by atoms with van der Waals surface area (Å²) in [5.41, 5.74) is 2.24. The largest absolute Gasteiger partial charge is 0.358 e. The molecule has 1 aromatic heterocycles. The fraction of sp³-hybridized carbons (Fsp3) is 0.357. The van der Waals surface area contributed by atoms with E-state index in [0.29, 0.717) is 5.75 Å². The Morgan fingerprint density at radius 2 is 2.10 bits per heavy atom. The lowest BCUT2D eigenvalue weighted by Crippen LogP contribution is -2.20. The van der Waals surface area contributed by atoms with E-state index < -0.39 is 0 Å². The third kappa shape index (κ3) is 3.01. The van der Waals surface area contributed by atoms with Crippen LogP contribution in [0.5, 0.6) is 0 Å². The molecule has 5 nitrogen and oxygen atoms in total. The van der Waals surface area contributed by atoms with Gasteiger partial charge >= 0.3 is 0 Å². The molecule has 0 atom stereocenters. The van der Waals surface area contributed by atoms with Crippen molar-refractivity contribution in [3.05, 3.63) is 29.8 Å². The fourth-order valence-corrected chi connectivity index (χ4v) is 2.78. The Morgan fingerprint density at radius 3 is 2.75 bits per heavy atom. The molecule has 106 valence electrons. The van der Waals surface area contributed by atoms with Gasteiger partial charge in [0.15, 0.2) is 11.0 Å². The van der Waals surface area contributed by atoms with Crippen LogP contribution >= 0.6 is 11.8 Å². The summed E-state index contributed by atoms with van der Waals surface area (Å²) in [6.07, 6.45) is 0. The molecule has 20 heavy (non-hydrogen) atoms. The van der Waals surface area contributed by atoms with Gasteiger partial charge in [0.05, 0.1) is 5.75 Å². The van der Waals surface area contributed by atoms with Gasteiger partial charge in [-0.15, -0.1) is 10.2 Å². The van der Waals surface area contributed by atoms with Gasteiger partial charge in [-0.3, -0.25) is 4.79 Å².